The first-order valence-electron chi connectivity index (χ1n) is 3.63. The predicted octanol–water partition coefficient (Wildman–Crippen LogP) is 4.04. The van der Waals surface area contributed by atoms with Gasteiger partial charge in [-0.05, 0) is 29.4 Å². The highest BCUT2D eigenvalue weighted by Crippen LogP contribution is 2.35. The van der Waals surface area contributed by atoms with Crippen molar-refractivity contribution in [1.82, 2.24) is 14.3 Å². The Morgan fingerprint density at radius 2 is 2.00 bits per heavy atom. The largest absolute Gasteiger partial charge is 0.226 e. The van der Waals surface area contributed by atoms with Gasteiger partial charge in [-0.2, -0.15) is 4.37 Å². The van der Waals surface area contributed by atoms with E-state index in [1.54, 1.807) is 6.07 Å². The molecule has 8 heteroatoms. The number of rotatable bonds is 2. The van der Waals surface area contributed by atoms with E-state index in [0.29, 0.717) is 15.1 Å². The second-order valence-corrected chi connectivity index (χ2v) is 5.55. The third-order valence-electron chi connectivity index (χ3n) is 1.38. The van der Waals surface area contributed by atoms with E-state index < -0.39 is 0 Å². The Hall–Kier alpha value is -0.0700. The highest BCUT2D eigenvalue weighted by Gasteiger charge is 2.10. The summed E-state index contributed by atoms with van der Waals surface area (Å²) in [7, 11) is 0. The van der Waals surface area contributed by atoms with E-state index in [0.717, 1.165) is 4.34 Å². The molecule has 78 valence electrons. The van der Waals surface area contributed by atoms with Gasteiger partial charge in [0.2, 0.25) is 0 Å². The van der Waals surface area contributed by atoms with Crippen LogP contribution >= 0.6 is 58.1 Å². The predicted molar refractivity (Wildman–Crippen MR) is 63.3 cm³/mol. The maximum atomic E-state index is 5.95. The highest BCUT2D eigenvalue weighted by molar-refractivity contribution is 8.01. The average molecular weight is 299 g/mol. The molecule has 2 rings (SSSR count). The first kappa shape index (κ1) is 11.4. The first-order valence-corrected chi connectivity index (χ1v) is 6.35. The molecule has 0 aromatic carbocycles. The number of halogens is 3. The summed E-state index contributed by atoms with van der Waals surface area (Å²) >= 11 is 20.0. The van der Waals surface area contributed by atoms with Gasteiger partial charge in [0.05, 0.1) is 10.0 Å². The van der Waals surface area contributed by atoms with Crippen LogP contribution in [0.1, 0.15) is 0 Å². The second-order valence-electron chi connectivity index (χ2n) is 2.36. The fourth-order valence-electron chi connectivity index (χ4n) is 0.791. The molecule has 15 heavy (non-hydrogen) atoms. The Morgan fingerprint density at radius 3 is 2.67 bits per heavy atom. The Morgan fingerprint density at radius 1 is 1.20 bits per heavy atom. The minimum atomic E-state index is 0.230. The third-order valence-corrected chi connectivity index (χ3v) is 4.17. The first-order chi connectivity index (χ1) is 7.16. The van der Waals surface area contributed by atoms with Crippen LogP contribution in [0.4, 0.5) is 0 Å². The van der Waals surface area contributed by atoms with E-state index in [1.807, 2.05) is 0 Å². The van der Waals surface area contributed by atoms with E-state index in [4.69, 9.17) is 34.8 Å². The van der Waals surface area contributed by atoms with Crippen LogP contribution in [0.3, 0.4) is 0 Å². The van der Waals surface area contributed by atoms with E-state index in [2.05, 4.69) is 14.3 Å². The Labute approximate surface area is 109 Å². The molecule has 2 aromatic heterocycles. The van der Waals surface area contributed by atoms with Crippen molar-refractivity contribution in [2.75, 3.05) is 0 Å². The number of hydrogen-bond acceptors (Lipinski definition) is 5. The van der Waals surface area contributed by atoms with Crippen LogP contribution in [-0.4, -0.2) is 14.3 Å². The van der Waals surface area contributed by atoms with E-state index >= 15 is 0 Å². The van der Waals surface area contributed by atoms with Crippen molar-refractivity contribution in [3.63, 3.8) is 0 Å². The van der Waals surface area contributed by atoms with E-state index in [-0.39, 0.29) is 5.15 Å². The lowest BCUT2D eigenvalue weighted by molar-refractivity contribution is 1.12. The van der Waals surface area contributed by atoms with Gasteiger partial charge in [-0.25, -0.2) is 9.97 Å². The maximum absolute atomic E-state index is 5.95. The van der Waals surface area contributed by atoms with Crippen molar-refractivity contribution < 1.29 is 0 Å². The molecule has 0 saturated heterocycles. The Balaban J connectivity index is 2.33. The summed E-state index contributed by atoms with van der Waals surface area (Å²) in [6.07, 6.45) is 1.47. The molecule has 0 unspecified atom stereocenters. The smallest absolute Gasteiger partial charge is 0.176 e. The molecule has 2 aromatic rings. The fraction of sp³-hybridized carbons (Fsp3) is 0. The van der Waals surface area contributed by atoms with Gasteiger partial charge in [-0.3, -0.25) is 0 Å². The summed E-state index contributed by atoms with van der Waals surface area (Å²) in [6, 6.07) is 1.56. The topological polar surface area (TPSA) is 38.7 Å². The highest BCUT2D eigenvalue weighted by atomic mass is 35.5. The van der Waals surface area contributed by atoms with E-state index in [9.17, 15) is 0 Å². The van der Waals surface area contributed by atoms with E-state index in [1.165, 1.54) is 29.6 Å². The van der Waals surface area contributed by atoms with Crippen LogP contribution in [0.25, 0.3) is 0 Å². The Kier molecular flexibility index (Phi) is 3.69. The zero-order chi connectivity index (χ0) is 10.8. The van der Waals surface area contributed by atoms with Crippen LogP contribution in [0, 0.1) is 0 Å². The molecule has 0 amide bonds. The van der Waals surface area contributed by atoms with Crippen molar-refractivity contribution in [2.24, 2.45) is 0 Å². The molecule has 3 nitrogen and oxygen atoms in total. The minimum Gasteiger partial charge on any atom is -0.226 e. The molecule has 0 radical (unpaired) electrons. The summed E-state index contributed by atoms with van der Waals surface area (Å²) in [5.41, 5.74) is 0. The van der Waals surface area contributed by atoms with Gasteiger partial charge >= 0.3 is 0 Å². The molecule has 0 aliphatic carbocycles. The summed E-state index contributed by atoms with van der Waals surface area (Å²) < 4.78 is 4.62. The monoisotopic (exact) mass is 297 g/mol. The standard InChI is InChI=1S/C7H2Cl3N3S2/c8-3-1-4(9)6(13-5(3)10)14-7-11-2-12-15-7/h1-2H. The van der Waals surface area contributed by atoms with Crippen molar-refractivity contribution in [3.8, 4) is 0 Å². The molecule has 0 fully saturated rings. The molecule has 0 atom stereocenters. The quantitative estimate of drug-likeness (QED) is 0.784. The molecule has 0 saturated carbocycles. The molecule has 0 aliphatic rings. The molecule has 0 bridgehead atoms. The summed E-state index contributed by atoms with van der Waals surface area (Å²) in [4.78, 5) is 8.05. The summed E-state index contributed by atoms with van der Waals surface area (Å²) in [5.74, 6) is 0. The van der Waals surface area contributed by atoms with Crippen molar-refractivity contribution in [1.29, 1.82) is 0 Å². The zero-order valence-electron chi connectivity index (χ0n) is 6.95. The van der Waals surface area contributed by atoms with Crippen molar-refractivity contribution >= 4 is 58.1 Å². The molecule has 2 heterocycles. The van der Waals surface area contributed by atoms with Gasteiger partial charge in [0.25, 0.3) is 0 Å². The van der Waals surface area contributed by atoms with Crippen LogP contribution in [0.15, 0.2) is 21.8 Å². The lowest BCUT2D eigenvalue weighted by Crippen LogP contribution is -1.84. The van der Waals surface area contributed by atoms with Crippen LogP contribution in [-0.2, 0) is 0 Å². The zero-order valence-corrected chi connectivity index (χ0v) is 10.8. The normalized spacial score (nSPS) is 10.6. The molecule has 0 spiro atoms. The molecule has 0 N–H and O–H groups in total. The van der Waals surface area contributed by atoms with Gasteiger partial charge in [-0.1, -0.05) is 34.8 Å². The number of pyridine rings is 1. The van der Waals surface area contributed by atoms with Crippen LogP contribution in [0.5, 0.6) is 0 Å². The lowest BCUT2D eigenvalue weighted by Gasteiger charge is -2.02. The van der Waals surface area contributed by atoms with Gasteiger partial charge in [0, 0.05) is 0 Å². The van der Waals surface area contributed by atoms with Crippen LogP contribution in [0.2, 0.25) is 15.2 Å². The lowest BCUT2D eigenvalue weighted by atomic mass is 10.5. The van der Waals surface area contributed by atoms with Crippen molar-refractivity contribution in [2.45, 2.75) is 9.37 Å². The average Bonchev–Trinajstić information content (AvgIpc) is 2.67. The van der Waals surface area contributed by atoms with Gasteiger partial charge in [-0.15, -0.1) is 0 Å². The number of hydrogen-bond donors (Lipinski definition) is 0. The molecular weight excluding hydrogens is 297 g/mol. The van der Waals surface area contributed by atoms with Gasteiger partial charge in [0.15, 0.2) is 4.34 Å². The Bertz CT molecular complexity index is 475. The second kappa shape index (κ2) is 4.84. The fourth-order valence-corrected chi connectivity index (χ4v) is 2.81. The molecular formula is C7H2Cl3N3S2. The summed E-state index contributed by atoms with van der Waals surface area (Å²) in [6.45, 7) is 0. The minimum absolute atomic E-state index is 0.230. The van der Waals surface area contributed by atoms with Crippen molar-refractivity contribution in [3.05, 3.63) is 27.6 Å². The maximum Gasteiger partial charge on any atom is 0.176 e. The SMILES string of the molecule is Clc1cc(Cl)c(Sc2ncns2)nc1Cl. The molecule has 0 aliphatic heterocycles. The van der Waals surface area contributed by atoms with Gasteiger partial charge < -0.3 is 0 Å². The number of nitrogens with zero attached hydrogens (tertiary/aromatic N) is 3. The third kappa shape index (κ3) is 2.73. The van der Waals surface area contributed by atoms with Crippen LogP contribution < -0.4 is 0 Å². The van der Waals surface area contributed by atoms with Gasteiger partial charge in [0.1, 0.15) is 16.5 Å². The summed E-state index contributed by atoms with van der Waals surface area (Å²) in [5, 5.41) is 1.59. The number of aromatic nitrogens is 3.